The molecule has 0 fully saturated rings. The van der Waals surface area contributed by atoms with Gasteiger partial charge < -0.3 is 0 Å². The first-order valence-electron chi connectivity index (χ1n) is 9.90. The van der Waals surface area contributed by atoms with Crippen molar-refractivity contribution in [1.29, 1.82) is 5.26 Å². The van der Waals surface area contributed by atoms with Gasteiger partial charge in [-0.05, 0) is 42.0 Å². The molecule has 3 aromatic carbocycles. The van der Waals surface area contributed by atoms with E-state index < -0.39 is 0 Å². The number of para-hydroxylation sites is 2. The monoisotopic (exact) mass is 471 g/mol. The average Bonchev–Trinajstić information content (AvgIpc) is 3.45. The van der Waals surface area contributed by atoms with E-state index in [2.05, 4.69) is 39.0 Å². The Hall–Kier alpha value is -3.12. The van der Waals surface area contributed by atoms with Crippen molar-refractivity contribution in [2.75, 3.05) is 0 Å². The topological polar surface area (TPSA) is 67.4 Å². The van der Waals surface area contributed by atoms with Crippen molar-refractivity contribution in [3.63, 3.8) is 0 Å². The summed E-state index contributed by atoms with van der Waals surface area (Å²) in [5.74, 6) is 2.32. The van der Waals surface area contributed by atoms with Crippen LogP contribution in [0.2, 0.25) is 0 Å². The molecule has 0 unspecified atom stereocenters. The molecule has 0 aliphatic rings. The molecule has 0 aliphatic carbocycles. The Morgan fingerprint density at radius 1 is 0.844 bits per heavy atom. The maximum Gasteiger partial charge on any atom is 0.196 e. The Morgan fingerprint density at radius 2 is 1.62 bits per heavy atom. The Morgan fingerprint density at radius 3 is 2.41 bits per heavy atom. The first-order valence-corrected chi connectivity index (χ1v) is 12.7. The lowest BCUT2D eigenvalue weighted by molar-refractivity contribution is 0.864. The first kappa shape index (κ1) is 20.8. The Labute approximate surface area is 198 Å². The van der Waals surface area contributed by atoms with Gasteiger partial charge in [0.2, 0.25) is 0 Å². The molecule has 156 valence electrons. The lowest BCUT2D eigenvalue weighted by Crippen LogP contribution is -2.01. The molecular weight excluding hydrogens is 455 g/mol. The molecule has 0 amide bonds. The number of nitrogens with zero attached hydrogens (tertiary/aromatic N) is 5. The molecule has 0 bridgehead atoms. The molecule has 0 saturated heterocycles. The molecule has 8 heteroatoms. The van der Waals surface area contributed by atoms with E-state index in [4.69, 9.17) is 10.2 Å². The summed E-state index contributed by atoms with van der Waals surface area (Å²) in [5.41, 5.74) is 3.88. The molecule has 5 rings (SSSR count). The molecule has 2 aromatic heterocycles. The Bertz CT molecular complexity index is 1350. The molecule has 32 heavy (non-hydrogen) atoms. The van der Waals surface area contributed by atoms with Gasteiger partial charge >= 0.3 is 0 Å². The van der Waals surface area contributed by atoms with Crippen LogP contribution in [-0.4, -0.2) is 19.7 Å². The van der Waals surface area contributed by atoms with Crippen LogP contribution in [0.1, 0.15) is 17.0 Å². The summed E-state index contributed by atoms with van der Waals surface area (Å²) in [5, 5.41) is 18.8. The van der Waals surface area contributed by atoms with Gasteiger partial charge in [0.1, 0.15) is 5.82 Å². The fourth-order valence-electron chi connectivity index (χ4n) is 3.19. The summed E-state index contributed by atoms with van der Waals surface area (Å²) in [6.45, 7) is 0. The number of thioether (sulfide) groups is 2. The van der Waals surface area contributed by atoms with E-state index in [1.807, 2.05) is 60.7 Å². The minimum Gasteiger partial charge on any atom is -0.273 e. The predicted molar refractivity (Wildman–Crippen MR) is 131 cm³/mol. The number of benzene rings is 3. The van der Waals surface area contributed by atoms with E-state index >= 15 is 0 Å². The summed E-state index contributed by atoms with van der Waals surface area (Å²) in [4.78, 5) is 4.72. The molecule has 0 spiro atoms. The standard InChI is InChI=1S/C24H17N5S3/c25-14-17-10-12-18(13-11-17)15-30-23-28-27-22(29(23)19-6-2-1-3-7-19)16-31-24-26-20-8-4-5-9-21(20)32-24/h1-13H,15-16H2. The van der Waals surface area contributed by atoms with Gasteiger partial charge in [-0.25, -0.2) is 4.98 Å². The van der Waals surface area contributed by atoms with Crippen LogP contribution in [0.15, 0.2) is 88.4 Å². The number of hydrogen-bond acceptors (Lipinski definition) is 7. The number of hydrogen-bond donors (Lipinski definition) is 0. The van der Waals surface area contributed by atoms with Crippen LogP contribution >= 0.6 is 34.9 Å². The lowest BCUT2D eigenvalue weighted by Gasteiger charge is -2.10. The highest BCUT2D eigenvalue weighted by Gasteiger charge is 2.16. The maximum atomic E-state index is 8.99. The second-order valence-electron chi connectivity index (χ2n) is 6.90. The molecule has 0 saturated carbocycles. The Kier molecular flexibility index (Phi) is 6.21. The van der Waals surface area contributed by atoms with Crippen LogP contribution in [-0.2, 0) is 11.5 Å². The second kappa shape index (κ2) is 9.57. The van der Waals surface area contributed by atoms with E-state index in [-0.39, 0.29) is 0 Å². The van der Waals surface area contributed by atoms with Crippen molar-refractivity contribution < 1.29 is 0 Å². The van der Waals surface area contributed by atoms with Crippen molar-refractivity contribution in [3.05, 3.63) is 95.8 Å². The molecule has 0 aliphatic heterocycles. The van der Waals surface area contributed by atoms with Gasteiger partial charge in [-0.1, -0.05) is 66.0 Å². The summed E-state index contributed by atoms with van der Waals surface area (Å²) in [7, 11) is 0. The Balaban J connectivity index is 1.38. The summed E-state index contributed by atoms with van der Waals surface area (Å²) >= 11 is 5.02. The summed E-state index contributed by atoms with van der Waals surface area (Å²) < 4.78 is 4.34. The van der Waals surface area contributed by atoms with Crippen molar-refractivity contribution in [1.82, 2.24) is 19.7 Å². The van der Waals surface area contributed by atoms with Crippen molar-refractivity contribution in [3.8, 4) is 11.8 Å². The third kappa shape index (κ3) is 4.55. The van der Waals surface area contributed by atoms with Crippen molar-refractivity contribution in [2.45, 2.75) is 21.0 Å². The van der Waals surface area contributed by atoms with Gasteiger partial charge in [0, 0.05) is 11.4 Å². The van der Waals surface area contributed by atoms with Crippen LogP contribution in [0, 0.1) is 11.3 Å². The van der Waals surface area contributed by atoms with E-state index in [0.717, 1.165) is 37.8 Å². The summed E-state index contributed by atoms with van der Waals surface area (Å²) in [6.07, 6.45) is 0. The van der Waals surface area contributed by atoms with Gasteiger partial charge in [-0.2, -0.15) is 5.26 Å². The molecule has 5 nitrogen and oxygen atoms in total. The fourth-order valence-corrected chi connectivity index (χ4v) is 6.09. The fraction of sp³-hybridized carbons (Fsp3) is 0.0833. The molecule has 0 radical (unpaired) electrons. The van der Waals surface area contributed by atoms with Crippen LogP contribution in [0.4, 0.5) is 0 Å². The number of aromatic nitrogens is 4. The highest BCUT2D eigenvalue weighted by Crippen LogP contribution is 2.33. The zero-order chi connectivity index (χ0) is 21.8. The van der Waals surface area contributed by atoms with Gasteiger partial charge in [-0.15, -0.1) is 21.5 Å². The zero-order valence-electron chi connectivity index (χ0n) is 16.9. The largest absolute Gasteiger partial charge is 0.273 e. The number of thiazole rings is 1. The summed E-state index contributed by atoms with van der Waals surface area (Å²) in [6, 6.07) is 28.2. The third-order valence-corrected chi connectivity index (χ3v) is 7.94. The molecule has 0 N–H and O–H groups in total. The number of rotatable bonds is 7. The van der Waals surface area contributed by atoms with Gasteiger partial charge in [0.05, 0.1) is 27.6 Å². The van der Waals surface area contributed by atoms with Crippen molar-refractivity contribution in [2.24, 2.45) is 0 Å². The minimum absolute atomic E-state index is 0.667. The van der Waals surface area contributed by atoms with E-state index in [1.165, 1.54) is 4.70 Å². The van der Waals surface area contributed by atoms with Crippen LogP contribution < -0.4 is 0 Å². The van der Waals surface area contributed by atoms with Crippen molar-refractivity contribution >= 4 is 45.1 Å². The minimum atomic E-state index is 0.667. The molecular formula is C24H17N5S3. The third-order valence-electron chi connectivity index (χ3n) is 4.76. The average molecular weight is 472 g/mol. The second-order valence-corrected chi connectivity index (χ2v) is 10.1. The zero-order valence-corrected chi connectivity index (χ0v) is 19.3. The lowest BCUT2D eigenvalue weighted by atomic mass is 10.2. The predicted octanol–water partition coefficient (Wildman–Crippen LogP) is 6.33. The van der Waals surface area contributed by atoms with E-state index in [1.54, 1.807) is 34.9 Å². The number of fused-ring (bicyclic) bond motifs is 1. The molecule has 0 atom stereocenters. The van der Waals surface area contributed by atoms with Crippen LogP contribution in [0.5, 0.6) is 0 Å². The van der Waals surface area contributed by atoms with E-state index in [9.17, 15) is 0 Å². The highest BCUT2D eigenvalue weighted by atomic mass is 32.2. The number of nitriles is 1. The first-order chi connectivity index (χ1) is 15.8. The van der Waals surface area contributed by atoms with Gasteiger partial charge in [0.25, 0.3) is 0 Å². The molecule has 2 heterocycles. The van der Waals surface area contributed by atoms with E-state index in [0.29, 0.717) is 11.3 Å². The van der Waals surface area contributed by atoms with Crippen LogP contribution in [0.3, 0.4) is 0 Å². The van der Waals surface area contributed by atoms with Crippen LogP contribution in [0.25, 0.3) is 15.9 Å². The molecule has 5 aromatic rings. The quantitative estimate of drug-likeness (QED) is 0.258. The smallest absolute Gasteiger partial charge is 0.196 e. The van der Waals surface area contributed by atoms with Gasteiger partial charge in [-0.3, -0.25) is 4.57 Å². The SMILES string of the molecule is N#Cc1ccc(CSc2nnc(CSc3nc4ccccc4s3)n2-c2ccccc2)cc1. The van der Waals surface area contributed by atoms with Gasteiger partial charge in [0.15, 0.2) is 9.50 Å². The maximum absolute atomic E-state index is 8.99. The normalized spacial score (nSPS) is 11.0. The highest BCUT2D eigenvalue weighted by molar-refractivity contribution is 8.00.